The van der Waals surface area contributed by atoms with Crippen molar-refractivity contribution in [2.24, 2.45) is 5.92 Å². The highest BCUT2D eigenvalue weighted by Gasteiger charge is 2.19. The number of fused-ring (bicyclic) bond motifs is 1. The van der Waals surface area contributed by atoms with Crippen LogP contribution in [0.15, 0.2) is 83.7 Å². The summed E-state index contributed by atoms with van der Waals surface area (Å²) < 4.78 is 1.41. The highest BCUT2D eigenvalue weighted by molar-refractivity contribution is 6.11. The molecular weight excluding hydrogens is 462 g/mol. The molecule has 7 nitrogen and oxygen atoms in total. The number of nitrogens with zero attached hydrogens (tertiary/aromatic N) is 4. The number of nitrogens with one attached hydrogen (secondary N) is 1. The first-order chi connectivity index (χ1) is 18.0. The van der Waals surface area contributed by atoms with Gasteiger partial charge in [0, 0.05) is 56.0 Å². The molecular formula is C30H33N5O2. The van der Waals surface area contributed by atoms with Gasteiger partial charge >= 0.3 is 0 Å². The molecule has 1 aliphatic heterocycles. The van der Waals surface area contributed by atoms with Gasteiger partial charge in [0.2, 0.25) is 0 Å². The van der Waals surface area contributed by atoms with Gasteiger partial charge in [0.15, 0.2) is 5.69 Å². The second-order valence-electron chi connectivity index (χ2n) is 10.0. The van der Waals surface area contributed by atoms with Crippen LogP contribution in [-0.2, 0) is 13.1 Å². The molecule has 0 radical (unpaired) electrons. The molecule has 0 atom stereocenters. The zero-order chi connectivity index (χ0) is 25.8. The fourth-order valence-corrected chi connectivity index (χ4v) is 4.82. The molecule has 0 unspecified atom stereocenters. The van der Waals surface area contributed by atoms with E-state index in [4.69, 9.17) is 0 Å². The Bertz CT molecular complexity index is 1420. The van der Waals surface area contributed by atoms with Crippen molar-refractivity contribution in [2.75, 3.05) is 36.4 Å². The summed E-state index contributed by atoms with van der Waals surface area (Å²) in [6.07, 6.45) is 0. The molecule has 190 valence electrons. The molecule has 1 aliphatic rings. The Labute approximate surface area is 217 Å². The number of carbonyl (C=O) groups excluding carboxylic acids is 1. The molecule has 0 saturated carbocycles. The topological polar surface area (TPSA) is 70.5 Å². The summed E-state index contributed by atoms with van der Waals surface area (Å²) >= 11 is 0. The fraction of sp³-hybridized carbons (Fsp3) is 0.300. The number of benzene rings is 3. The summed E-state index contributed by atoms with van der Waals surface area (Å²) in [5.74, 6) is -0.0917. The maximum atomic E-state index is 13.2. The number of carbonyl (C=O) groups is 1. The predicted molar refractivity (Wildman–Crippen MR) is 149 cm³/mol. The Hall–Kier alpha value is -3.97. The Morgan fingerprint density at radius 2 is 1.51 bits per heavy atom. The number of anilines is 2. The van der Waals surface area contributed by atoms with Crippen molar-refractivity contribution in [3.63, 3.8) is 0 Å². The lowest BCUT2D eigenvalue weighted by Crippen LogP contribution is -2.45. The maximum absolute atomic E-state index is 13.2. The van der Waals surface area contributed by atoms with Crippen LogP contribution < -0.4 is 15.8 Å². The SMILES string of the molecule is CC(C)Cn1nc(C(=O)Nc2ccc(N3CCN(Cc4ccccc4)CC3)cc2)c2ccccc2c1=O. The van der Waals surface area contributed by atoms with Crippen LogP contribution in [-0.4, -0.2) is 46.8 Å². The van der Waals surface area contributed by atoms with Gasteiger partial charge in [-0.2, -0.15) is 5.10 Å². The van der Waals surface area contributed by atoms with Crippen molar-refractivity contribution in [3.8, 4) is 0 Å². The minimum atomic E-state index is -0.323. The molecule has 1 aromatic heterocycles. The molecule has 0 spiro atoms. The lowest BCUT2D eigenvalue weighted by atomic mass is 10.1. The second kappa shape index (κ2) is 11.0. The minimum Gasteiger partial charge on any atom is -0.369 e. The average Bonchev–Trinajstić information content (AvgIpc) is 2.91. The van der Waals surface area contributed by atoms with Gasteiger partial charge in [-0.3, -0.25) is 14.5 Å². The van der Waals surface area contributed by atoms with Crippen molar-refractivity contribution in [3.05, 3.63) is 100 Å². The third-order valence-electron chi connectivity index (χ3n) is 6.73. The summed E-state index contributed by atoms with van der Waals surface area (Å²) in [6, 6.07) is 25.7. The Morgan fingerprint density at radius 3 is 2.19 bits per heavy atom. The number of amides is 1. The van der Waals surface area contributed by atoms with E-state index in [2.05, 4.69) is 50.5 Å². The van der Waals surface area contributed by atoms with Crippen LogP contribution in [0.4, 0.5) is 11.4 Å². The Kier molecular flexibility index (Phi) is 7.32. The van der Waals surface area contributed by atoms with Gasteiger partial charge in [-0.1, -0.05) is 62.4 Å². The minimum absolute atomic E-state index is 0.172. The zero-order valence-electron chi connectivity index (χ0n) is 21.4. The molecule has 1 amide bonds. The molecule has 2 heterocycles. The summed E-state index contributed by atoms with van der Waals surface area (Å²) in [7, 11) is 0. The molecule has 1 fully saturated rings. The van der Waals surface area contributed by atoms with Crippen molar-refractivity contribution in [1.29, 1.82) is 0 Å². The first-order valence-corrected chi connectivity index (χ1v) is 12.9. The maximum Gasteiger partial charge on any atom is 0.276 e. The van der Waals surface area contributed by atoms with Gasteiger partial charge in [0.25, 0.3) is 11.5 Å². The molecule has 0 bridgehead atoms. The standard InChI is InChI=1S/C30H33N5O2/c1-22(2)20-35-30(37)27-11-7-6-10-26(27)28(32-35)29(36)31-24-12-14-25(15-13-24)34-18-16-33(17-19-34)21-23-8-4-3-5-9-23/h3-15,22H,16-21H2,1-2H3,(H,31,36). The van der Waals surface area contributed by atoms with Gasteiger partial charge < -0.3 is 10.2 Å². The quantitative estimate of drug-likeness (QED) is 0.405. The van der Waals surface area contributed by atoms with Crippen molar-refractivity contribution >= 4 is 28.1 Å². The van der Waals surface area contributed by atoms with E-state index in [0.717, 1.165) is 38.4 Å². The smallest absolute Gasteiger partial charge is 0.276 e. The molecule has 5 rings (SSSR count). The number of piperazine rings is 1. The lowest BCUT2D eigenvalue weighted by molar-refractivity contribution is 0.102. The fourth-order valence-electron chi connectivity index (χ4n) is 4.82. The van der Waals surface area contributed by atoms with E-state index in [1.807, 2.05) is 50.2 Å². The Balaban J connectivity index is 1.26. The largest absolute Gasteiger partial charge is 0.369 e. The van der Waals surface area contributed by atoms with Gasteiger partial charge in [0.1, 0.15) is 0 Å². The monoisotopic (exact) mass is 495 g/mol. The number of hydrogen-bond donors (Lipinski definition) is 1. The molecule has 7 heteroatoms. The van der Waals surface area contributed by atoms with Crippen LogP contribution in [0, 0.1) is 5.92 Å². The van der Waals surface area contributed by atoms with E-state index in [9.17, 15) is 9.59 Å². The summed E-state index contributed by atoms with van der Waals surface area (Å²) in [5.41, 5.74) is 3.27. The molecule has 1 N–H and O–H groups in total. The summed E-state index contributed by atoms with van der Waals surface area (Å²) in [5, 5.41) is 8.48. The van der Waals surface area contributed by atoms with E-state index in [1.165, 1.54) is 10.2 Å². The van der Waals surface area contributed by atoms with Crippen molar-refractivity contribution in [1.82, 2.24) is 14.7 Å². The van der Waals surface area contributed by atoms with Crippen LogP contribution in [0.2, 0.25) is 0 Å². The average molecular weight is 496 g/mol. The third-order valence-corrected chi connectivity index (χ3v) is 6.73. The van der Waals surface area contributed by atoms with Crippen LogP contribution in [0.1, 0.15) is 29.9 Å². The number of hydrogen-bond acceptors (Lipinski definition) is 5. The second-order valence-corrected chi connectivity index (χ2v) is 10.0. The van der Waals surface area contributed by atoms with E-state index in [-0.39, 0.29) is 23.1 Å². The van der Waals surface area contributed by atoms with Gasteiger partial charge in [0.05, 0.1) is 5.39 Å². The van der Waals surface area contributed by atoms with Gasteiger partial charge in [-0.05, 0) is 41.8 Å². The zero-order valence-corrected chi connectivity index (χ0v) is 21.4. The van der Waals surface area contributed by atoms with E-state index >= 15 is 0 Å². The van der Waals surface area contributed by atoms with E-state index in [1.54, 1.807) is 12.1 Å². The summed E-state index contributed by atoms with van der Waals surface area (Å²) in [4.78, 5) is 31.0. The summed E-state index contributed by atoms with van der Waals surface area (Å²) in [6.45, 7) is 9.43. The van der Waals surface area contributed by atoms with E-state index in [0.29, 0.717) is 23.0 Å². The Morgan fingerprint density at radius 1 is 0.865 bits per heavy atom. The first-order valence-electron chi connectivity index (χ1n) is 12.9. The normalized spacial score (nSPS) is 14.3. The third kappa shape index (κ3) is 5.73. The number of rotatable bonds is 7. The van der Waals surface area contributed by atoms with Crippen molar-refractivity contribution < 1.29 is 4.79 Å². The van der Waals surface area contributed by atoms with Crippen LogP contribution in [0.25, 0.3) is 10.8 Å². The lowest BCUT2D eigenvalue weighted by Gasteiger charge is -2.36. The molecule has 0 aliphatic carbocycles. The molecule has 3 aromatic carbocycles. The van der Waals surface area contributed by atoms with Crippen molar-refractivity contribution in [2.45, 2.75) is 26.9 Å². The highest BCUT2D eigenvalue weighted by atomic mass is 16.2. The van der Waals surface area contributed by atoms with Crippen LogP contribution >= 0.6 is 0 Å². The molecule has 37 heavy (non-hydrogen) atoms. The van der Waals surface area contributed by atoms with Crippen LogP contribution in [0.3, 0.4) is 0 Å². The highest BCUT2D eigenvalue weighted by Crippen LogP contribution is 2.22. The first kappa shape index (κ1) is 24.7. The van der Waals surface area contributed by atoms with Crippen LogP contribution in [0.5, 0.6) is 0 Å². The van der Waals surface area contributed by atoms with Gasteiger partial charge in [-0.25, -0.2) is 4.68 Å². The predicted octanol–water partition coefficient (Wildman–Crippen LogP) is 4.63. The molecule has 4 aromatic rings. The molecule has 1 saturated heterocycles. The van der Waals surface area contributed by atoms with Gasteiger partial charge in [-0.15, -0.1) is 0 Å². The van der Waals surface area contributed by atoms with E-state index < -0.39 is 0 Å². The number of aromatic nitrogens is 2.